The van der Waals surface area contributed by atoms with Crippen LogP contribution in [0.2, 0.25) is 0 Å². The number of nitrogens with zero attached hydrogens (tertiary/aromatic N) is 3. The van der Waals surface area contributed by atoms with Gasteiger partial charge in [-0.2, -0.15) is 5.26 Å². The van der Waals surface area contributed by atoms with Crippen LogP contribution in [-0.2, 0) is 0 Å². The lowest BCUT2D eigenvalue weighted by atomic mass is 10.1. The zero-order chi connectivity index (χ0) is 15.5. The van der Waals surface area contributed by atoms with E-state index in [4.69, 9.17) is 10.00 Å². The normalized spacial score (nSPS) is 14.0. The highest BCUT2D eigenvalue weighted by atomic mass is 16.5. The number of nitriles is 1. The average Bonchev–Trinajstić information content (AvgIpc) is 2.50. The minimum absolute atomic E-state index is 0.108. The van der Waals surface area contributed by atoms with E-state index < -0.39 is 5.56 Å². The van der Waals surface area contributed by atoms with E-state index in [1.54, 1.807) is 24.4 Å². The number of carbonyl (C=O) groups excluding carboxylic acids is 1. The Bertz CT molecular complexity index is 803. The highest BCUT2D eigenvalue weighted by molar-refractivity contribution is 5.94. The number of carbonyl (C=O) groups is 1. The molecule has 2 aromatic heterocycles. The molecule has 1 aliphatic heterocycles. The number of rotatable bonds is 3. The minimum Gasteiger partial charge on any atom is -0.470 e. The van der Waals surface area contributed by atoms with Crippen LogP contribution in [0.4, 0.5) is 0 Å². The zero-order valence-corrected chi connectivity index (χ0v) is 11.5. The van der Waals surface area contributed by atoms with Crippen molar-refractivity contribution in [2.24, 2.45) is 0 Å². The van der Waals surface area contributed by atoms with Crippen molar-refractivity contribution in [3.8, 4) is 11.9 Å². The van der Waals surface area contributed by atoms with Crippen LogP contribution in [0.5, 0.6) is 5.88 Å². The lowest BCUT2D eigenvalue weighted by molar-refractivity contribution is 0.0157. The van der Waals surface area contributed by atoms with Gasteiger partial charge in [0.25, 0.3) is 11.5 Å². The van der Waals surface area contributed by atoms with Gasteiger partial charge in [-0.1, -0.05) is 0 Å². The minimum atomic E-state index is -0.409. The Balaban J connectivity index is 1.63. The van der Waals surface area contributed by atoms with Gasteiger partial charge in [0.05, 0.1) is 13.1 Å². The summed E-state index contributed by atoms with van der Waals surface area (Å²) in [6.45, 7) is 0.712. The van der Waals surface area contributed by atoms with E-state index in [0.717, 1.165) is 0 Å². The van der Waals surface area contributed by atoms with E-state index in [1.807, 2.05) is 6.07 Å². The van der Waals surface area contributed by atoms with Crippen LogP contribution >= 0.6 is 0 Å². The second-order valence-electron chi connectivity index (χ2n) is 4.83. The molecular weight excluding hydrogens is 284 g/mol. The number of pyridine rings is 2. The summed E-state index contributed by atoms with van der Waals surface area (Å²) >= 11 is 0. The summed E-state index contributed by atoms with van der Waals surface area (Å²) in [6, 6.07) is 8.37. The summed E-state index contributed by atoms with van der Waals surface area (Å²) in [7, 11) is 0. The van der Waals surface area contributed by atoms with Gasteiger partial charge in [0.2, 0.25) is 5.88 Å². The Morgan fingerprint density at radius 3 is 2.95 bits per heavy atom. The van der Waals surface area contributed by atoms with Crippen molar-refractivity contribution in [1.29, 1.82) is 5.26 Å². The fourth-order valence-electron chi connectivity index (χ4n) is 2.17. The number of H-pyrrole nitrogens is 1. The maximum absolute atomic E-state index is 12.2. The standard InChI is InChI=1S/C15H12N4O3/c16-7-10-3-1-6-18-14(10)22-11-8-19(9-11)15(21)12-4-2-5-17-13(12)20/h1-6,11H,8-9H2,(H,17,20). The van der Waals surface area contributed by atoms with E-state index in [0.29, 0.717) is 18.7 Å². The third-order valence-electron chi connectivity index (χ3n) is 3.35. The maximum Gasteiger partial charge on any atom is 0.260 e. The quantitative estimate of drug-likeness (QED) is 0.891. The van der Waals surface area contributed by atoms with Gasteiger partial charge in [0.1, 0.15) is 23.3 Å². The van der Waals surface area contributed by atoms with Crippen LogP contribution in [0.15, 0.2) is 41.5 Å². The molecule has 1 fully saturated rings. The van der Waals surface area contributed by atoms with E-state index in [9.17, 15) is 9.59 Å². The fraction of sp³-hybridized carbons (Fsp3) is 0.200. The van der Waals surface area contributed by atoms with Crippen LogP contribution in [0.1, 0.15) is 15.9 Å². The number of hydrogen-bond donors (Lipinski definition) is 1. The molecule has 110 valence electrons. The van der Waals surface area contributed by atoms with Gasteiger partial charge in [0, 0.05) is 12.4 Å². The molecule has 1 saturated heterocycles. The van der Waals surface area contributed by atoms with E-state index in [2.05, 4.69) is 9.97 Å². The number of likely N-dealkylation sites (tertiary alicyclic amines) is 1. The molecule has 2 aromatic rings. The summed E-state index contributed by atoms with van der Waals surface area (Å²) in [5, 5.41) is 8.97. The molecule has 0 bridgehead atoms. The first kappa shape index (κ1) is 13.8. The smallest absolute Gasteiger partial charge is 0.260 e. The molecule has 22 heavy (non-hydrogen) atoms. The molecule has 3 heterocycles. The van der Waals surface area contributed by atoms with Gasteiger partial charge in [-0.05, 0) is 24.3 Å². The van der Waals surface area contributed by atoms with E-state index in [-0.39, 0.29) is 23.5 Å². The lowest BCUT2D eigenvalue weighted by Crippen LogP contribution is -2.56. The van der Waals surface area contributed by atoms with Crippen LogP contribution in [0, 0.1) is 11.3 Å². The van der Waals surface area contributed by atoms with E-state index in [1.165, 1.54) is 17.2 Å². The van der Waals surface area contributed by atoms with Crippen molar-refractivity contribution in [2.75, 3.05) is 13.1 Å². The molecule has 0 radical (unpaired) electrons. The summed E-state index contributed by atoms with van der Waals surface area (Å²) in [5.74, 6) is -0.0668. The average molecular weight is 296 g/mol. The maximum atomic E-state index is 12.2. The first-order chi connectivity index (χ1) is 10.7. The Morgan fingerprint density at radius 2 is 2.23 bits per heavy atom. The Kier molecular flexibility index (Phi) is 3.58. The molecule has 7 heteroatoms. The van der Waals surface area contributed by atoms with Crippen molar-refractivity contribution in [3.63, 3.8) is 0 Å². The molecular formula is C15H12N4O3. The van der Waals surface area contributed by atoms with Crippen molar-refractivity contribution in [3.05, 3.63) is 58.1 Å². The van der Waals surface area contributed by atoms with Crippen molar-refractivity contribution >= 4 is 5.91 Å². The summed E-state index contributed by atoms with van der Waals surface area (Å²) in [6.07, 6.45) is 2.79. The molecule has 1 N–H and O–H groups in total. The third-order valence-corrected chi connectivity index (χ3v) is 3.35. The number of amides is 1. The molecule has 0 saturated carbocycles. The topological polar surface area (TPSA) is 99.1 Å². The van der Waals surface area contributed by atoms with Crippen molar-refractivity contribution < 1.29 is 9.53 Å². The Hall–Kier alpha value is -3.14. The van der Waals surface area contributed by atoms with Crippen LogP contribution in [0.3, 0.4) is 0 Å². The molecule has 0 aromatic carbocycles. The van der Waals surface area contributed by atoms with Gasteiger partial charge in [-0.25, -0.2) is 4.98 Å². The first-order valence-electron chi connectivity index (χ1n) is 6.68. The van der Waals surface area contributed by atoms with Crippen molar-refractivity contribution in [2.45, 2.75) is 6.10 Å². The molecule has 0 spiro atoms. The number of ether oxygens (including phenoxy) is 1. The third kappa shape index (κ3) is 2.54. The Morgan fingerprint density at radius 1 is 1.41 bits per heavy atom. The van der Waals surface area contributed by atoms with Crippen LogP contribution < -0.4 is 10.3 Å². The highest BCUT2D eigenvalue weighted by Crippen LogP contribution is 2.20. The largest absolute Gasteiger partial charge is 0.470 e. The molecule has 3 rings (SSSR count). The number of nitrogens with one attached hydrogen (secondary N) is 1. The molecule has 0 unspecified atom stereocenters. The predicted molar refractivity (Wildman–Crippen MR) is 76.3 cm³/mol. The van der Waals surface area contributed by atoms with E-state index >= 15 is 0 Å². The predicted octanol–water partition coefficient (Wildman–Crippen LogP) is 0.545. The molecule has 1 aliphatic rings. The zero-order valence-electron chi connectivity index (χ0n) is 11.5. The summed E-state index contributed by atoms with van der Waals surface area (Å²) in [4.78, 5) is 31.7. The van der Waals surface area contributed by atoms with Gasteiger partial charge in [-0.3, -0.25) is 9.59 Å². The molecule has 0 atom stereocenters. The number of hydrogen-bond acceptors (Lipinski definition) is 5. The van der Waals surface area contributed by atoms with Crippen LogP contribution in [-0.4, -0.2) is 40.0 Å². The fourth-order valence-corrected chi connectivity index (χ4v) is 2.17. The molecule has 0 aliphatic carbocycles. The second kappa shape index (κ2) is 5.69. The van der Waals surface area contributed by atoms with Crippen molar-refractivity contribution in [1.82, 2.24) is 14.9 Å². The van der Waals surface area contributed by atoms with Gasteiger partial charge >= 0.3 is 0 Å². The summed E-state index contributed by atoms with van der Waals surface area (Å²) in [5.41, 5.74) is 0.0524. The Labute approximate surface area is 125 Å². The van der Waals surface area contributed by atoms with Gasteiger partial charge in [0.15, 0.2) is 0 Å². The molecule has 1 amide bonds. The first-order valence-corrected chi connectivity index (χ1v) is 6.68. The van der Waals surface area contributed by atoms with Gasteiger partial charge in [-0.15, -0.1) is 0 Å². The SMILES string of the molecule is N#Cc1cccnc1OC1CN(C(=O)c2ccc[nH]c2=O)C1. The highest BCUT2D eigenvalue weighted by Gasteiger charge is 2.34. The number of aromatic amines is 1. The summed E-state index contributed by atoms with van der Waals surface area (Å²) < 4.78 is 5.61. The molecule has 7 nitrogen and oxygen atoms in total. The van der Waals surface area contributed by atoms with Gasteiger partial charge < -0.3 is 14.6 Å². The lowest BCUT2D eigenvalue weighted by Gasteiger charge is -2.38. The monoisotopic (exact) mass is 296 g/mol. The van der Waals surface area contributed by atoms with Crippen LogP contribution in [0.25, 0.3) is 0 Å². The second-order valence-corrected chi connectivity index (χ2v) is 4.83. The number of aromatic nitrogens is 2.